The van der Waals surface area contributed by atoms with E-state index >= 15 is 0 Å². The molecule has 2 aliphatic rings. The minimum Gasteiger partial charge on any atom is -0.350 e. The summed E-state index contributed by atoms with van der Waals surface area (Å²) >= 11 is 7.55. The molecule has 0 aromatic heterocycles. The van der Waals surface area contributed by atoms with Crippen molar-refractivity contribution in [2.75, 3.05) is 18.1 Å². The van der Waals surface area contributed by atoms with E-state index in [0.29, 0.717) is 17.5 Å². The fourth-order valence-electron chi connectivity index (χ4n) is 3.06. The van der Waals surface area contributed by atoms with Crippen molar-refractivity contribution in [1.29, 1.82) is 0 Å². The molecule has 1 saturated heterocycles. The number of nitrogens with one attached hydrogen (secondary N) is 1. The van der Waals surface area contributed by atoms with Gasteiger partial charge in [-0.25, -0.2) is 4.39 Å². The molecule has 0 bridgehead atoms. The topological polar surface area (TPSA) is 44.7 Å². The Balaban J connectivity index is 1.57. The van der Waals surface area contributed by atoms with Crippen molar-refractivity contribution in [2.45, 2.75) is 44.2 Å². The molecule has 7 heteroatoms. The number of nitrogens with zero attached hydrogens (tertiary/aromatic N) is 2. The van der Waals surface area contributed by atoms with Crippen LogP contribution in [0.2, 0.25) is 5.02 Å². The second-order valence-electron chi connectivity index (χ2n) is 6.30. The predicted molar refractivity (Wildman–Crippen MR) is 98.4 cm³/mol. The molecular formula is C17H21ClFN3OS. The van der Waals surface area contributed by atoms with Crippen LogP contribution in [-0.2, 0) is 4.79 Å². The summed E-state index contributed by atoms with van der Waals surface area (Å²) < 4.78 is 13.7. The summed E-state index contributed by atoms with van der Waals surface area (Å²) in [5.41, 5.74) is 0.126. The zero-order valence-electron chi connectivity index (χ0n) is 13.6. The Hall–Kier alpha value is -1.27. The summed E-state index contributed by atoms with van der Waals surface area (Å²) in [5.74, 6) is 0.133. The van der Waals surface area contributed by atoms with E-state index in [0.717, 1.165) is 23.8 Å². The molecule has 1 amide bonds. The molecule has 1 aliphatic carbocycles. The lowest BCUT2D eigenvalue weighted by atomic mass is 10.2. The zero-order valence-corrected chi connectivity index (χ0v) is 15.2. The third-order valence-corrected chi connectivity index (χ3v) is 5.93. The van der Waals surface area contributed by atoms with Gasteiger partial charge in [0.2, 0.25) is 5.91 Å². The third-order valence-electron chi connectivity index (χ3n) is 4.50. The average molecular weight is 370 g/mol. The van der Waals surface area contributed by atoms with E-state index in [2.05, 4.69) is 10.2 Å². The van der Waals surface area contributed by atoms with E-state index in [-0.39, 0.29) is 17.6 Å². The van der Waals surface area contributed by atoms with Gasteiger partial charge in [0.05, 0.1) is 11.7 Å². The maximum Gasteiger partial charge on any atom is 0.226 e. The summed E-state index contributed by atoms with van der Waals surface area (Å²) in [6.45, 7) is 0. The van der Waals surface area contributed by atoms with Crippen LogP contribution in [0.5, 0.6) is 0 Å². The molecule has 1 saturated carbocycles. The standard InChI is InChI=1S/C17H21ClFN3OS/c1-22-13(10-24-17(22)20-12-4-2-3-5-12)9-16(23)21-15-8-11(18)6-7-14(15)19/h6-8,12-13H,2-5,9-10H2,1H3,(H,21,23). The van der Waals surface area contributed by atoms with E-state index in [1.54, 1.807) is 11.8 Å². The molecule has 1 aliphatic heterocycles. The number of rotatable bonds is 4. The van der Waals surface area contributed by atoms with Crippen LogP contribution in [0, 0.1) is 5.82 Å². The number of halogens is 2. The molecule has 130 valence electrons. The van der Waals surface area contributed by atoms with Crippen molar-refractivity contribution in [3.8, 4) is 0 Å². The lowest BCUT2D eigenvalue weighted by molar-refractivity contribution is -0.116. The van der Waals surface area contributed by atoms with Crippen LogP contribution in [-0.4, -0.2) is 40.9 Å². The van der Waals surface area contributed by atoms with Gasteiger partial charge in [0.1, 0.15) is 5.82 Å². The predicted octanol–water partition coefficient (Wildman–Crippen LogP) is 4.15. The van der Waals surface area contributed by atoms with Crippen LogP contribution >= 0.6 is 23.4 Å². The number of aliphatic imine (C=N–C) groups is 1. The molecule has 1 atom stereocenters. The molecule has 1 aromatic carbocycles. The number of benzene rings is 1. The van der Waals surface area contributed by atoms with Gasteiger partial charge < -0.3 is 10.2 Å². The number of thioether (sulfide) groups is 1. The van der Waals surface area contributed by atoms with Crippen molar-refractivity contribution in [1.82, 2.24) is 4.90 Å². The molecule has 2 fully saturated rings. The van der Waals surface area contributed by atoms with Gasteiger partial charge in [-0.05, 0) is 31.0 Å². The Morgan fingerprint density at radius 2 is 2.21 bits per heavy atom. The maximum atomic E-state index is 13.7. The van der Waals surface area contributed by atoms with Crippen molar-refractivity contribution < 1.29 is 9.18 Å². The van der Waals surface area contributed by atoms with Gasteiger partial charge in [0.15, 0.2) is 5.17 Å². The summed E-state index contributed by atoms with van der Waals surface area (Å²) in [6.07, 6.45) is 5.15. The minimum atomic E-state index is -0.481. The van der Waals surface area contributed by atoms with Gasteiger partial charge in [-0.15, -0.1) is 0 Å². The second kappa shape index (κ2) is 7.74. The Bertz CT molecular complexity index is 649. The van der Waals surface area contributed by atoms with E-state index < -0.39 is 5.82 Å². The zero-order chi connectivity index (χ0) is 17.1. The molecule has 1 heterocycles. The number of anilines is 1. The molecule has 0 spiro atoms. The Kier molecular flexibility index (Phi) is 5.66. The number of carbonyl (C=O) groups excluding carboxylic acids is 1. The fraction of sp³-hybridized carbons (Fsp3) is 0.529. The number of carbonyl (C=O) groups is 1. The molecule has 3 rings (SSSR count). The smallest absolute Gasteiger partial charge is 0.226 e. The molecule has 1 aromatic rings. The monoisotopic (exact) mass is 369 g/mol. The molecular weight excluding hydrogens is 349 g/mol. The summed E-state index contributed by atoms with van der Waals surface area (Å²) in [6, 6.07) is 4.65. The largest absolute Gasteiger partial charge is 0.350 e. The highest BCUT2D eigenvalue weighted by molar-refractivity contribution is 8.14. The fourth-order valence-corrected chi connectivity index (χ4v) is 4.49. The Labute approximate surface area is 150 Å². The third kappa shape index (κ3) is 4.22. The first-order valence-electron chi connectivity index (χ1n) is 8.21. The summed E-state index contributed by atoms with van der Waals surface area (Å²) in [7, 11) is 1.98. The second-order valence-corrected chi connectivity index (χ2v) is 7.73. The normalized spacial score (nSPS) is 23.2. The van der Waals surface area contributed by atoms with E-state index in [9.17, 15) is 9.18 Å². The minimum absolute atomic E-state index is 0.0809. The van der Waals surface area contributed by atoms with Crippen molar-refractivity contribution in [2.24, 2.45) is 4.99 Å². The van der Waals surface area contributed by atoms with E-state index in [4.69, 9.17) is 16.6 Å². The van der Waals surface area contributed by atoms with Crippen LogP contribution < -0.4 is 5.32 Å². The maximum absolute atomic E-state index is 13.7. The number of hydrogen-bond donors (Lipinski definition) is 1. The van der Waals surface area contributed by atoms with Crippen LogP contribution in [0.25, 0.3) is 0 Å². The molecule has 1 N–H and O–H groups in total. The van der Waals surface area contributed by atoms with Crippen molar-refractivity contribution in [3.05, 3.63) is 29.0 Å². The lowest BCUT2D eigenvalue weighted by Gasteiger charge is -2.21. The van der Waals surface area contributed by atoms with E-state index in [1.807, 2.05) is 7.05 Å². The van der Waals surface area contributed by atoms with E-state index in [1.165, 1.54) is 31.0 Å². The number of hydrogen-bond acceptors (Lipinski definition) is 3. The SMILES string of the molecule is CN1C(=NC2CCCC2)SCC1CC(=O)Nc1cc(Cl)ccc1F. The first kappa shape index (κ1) is 17.5. The van der Waals surface area contributed by atoms with Crippen molar-refractivity contribution in [3.63, 3.8) is 0 Å². The highest BCUT2D eigenvalue weighted by atomic mass is 35.5. The number of amides is 1. The first-order chi connectivity index (χ1) is 11.5. The van der Waals surface area contributed by atoms with Gasteiger partial charge in [0, 0.05) is 30.3 Å². The molecule has 1 unspecified atom stereocenters. The lowest BCUT2D eigenvalue weighted by Crippen LogP contribution is -2.34. The molecule has 4 nitrogen and oxygen atoms in total. The molecule has 0 radical (unpaired) electrons. The van der Waals surface area contributed by atoms with Crippen LogP contribution in [0.1, 0.15) is 32.1 Å². The van der Waals surface area contributed by atoms with Gasteiger partial charge in [-0.2, -0.15) is 0 Å². The number of amidine groups is 1. The van der Waals surface area contributed by atoms with Gasteiger partial charge in [0.25, 0.3) is 0 Å². The van der Waals surface area contributed by atoms with Crippen LogP contribution in [0.3, 0.4) is 0 Å². The summed E-state index contributed by atoms with van der Waals surface area (Å²) in [4.78, 5) is 19.1. The Morgan fingerprint density at radius 1 is 1.46 bits per heavy atom. The summed E-state index contributed by atoms with van der Waals surface area (Å²) in [5, 5.41) is 4.03. The molecule has 24 heavy (non-hydrogen) atoms. The average Bonchev–Trinajstić information content (AvgIpc) is 3.16. The quantitative estimate of drug-likeness (QED) is 0.866. The van der Waals surface area contributed by atoms with Gasteiger partial charge in [-0.1, -0.05) is 36.2 Å². The highest BCUT2D eigenvalue weighted by Gasteiger charge is 2.30. The van der Waals surface area contributed by atoms with Crippen LogP contribution in [0.15, 0.2) is 23.2 Å². The van der Waals surface area contributed by atoms with Crippen molar-refractivity contribution >= 4 is 40.1 Å². The van der Waals surface area contributed by atoms with Crippen LogP contribution in [0.4, 0.5) is 10.1 Å². The van der Waals surface area contributed by atoms with Gasteiger partial charge >= 0.3 is 0 Å². The first-order valence-corrected chi connectivity index (χ1v) is 9.57. The highest BCUT2D eigenvalue weighted by Crippen LogP contribution is 2.29. The Morgan fingerprint density at radius 3 is 2.96 bits per heavy atom. The van der Waals surface area contributed by atoms with Gasteiger partial charge in [-0.3, -0.25) is 9.79 Å².